The van der Waals surface area contributed by atoms with Gasteiger partial charge < -0.3 is 9.84 Å². The minimum atomic E-state index is -4.90. The van der Waals surface area contributed by atoms with E-state index in [1.165, 1.54) is 31.2 Å². The number of hydrogen-bond acceptors (Lipinski definition) is 5. The maximum absolute atomic E-state index is 12.9. The lowest BCUT2D eigenvalue weighted by molar-refractivity contribution is -0.208. The van der Waals surface area contributed by atoms with Crippen LogP contribution in [0.5, 0.6) is 5.75 Å². The highest BCUT2D eigenvalue weighted by atomic mass is 32.1. The fourth-order valence-corrected chi connectivity index (χ4v) is 3.40. The molecule has 3 rings (SSSR count). The molecule has 0 aliphatic rings. The van der Waals surface area contributed by atoms with Gasteiger partial charge in [-0.3, -0.25) is 9.20 Å². The fourth-order valence-electron chi connectivity index (χ4n) is 2.38. The first-order valence-electron chi connectivity index (χ1n) is 7.32. The number of nitrogens with zero attached hydrogens (tertiary/aromatic N) is 2. The number of thiazole rings is 1. The number of aryl methyl sites for hydroxylation is 1. The van der Waals surface area contributed by atoms with Gasteiger partial charge in [0.1, 0.15) is 18.2 Å². The van der Waals surface area contributed by atoms with Crippen molar-refractivity contribution in [2.45, 2.75) is 25.8 Å². The summed E-state index contributed by atoms with van der Waals surface area (Å²) >= 11 is 0.862. The molecule has 0 aliphatic heterocycles. The Morgan fingerprint density at radius 1 is 1.31 bits per heavy atom. The second kappa shape index (κ2) is 6.69. The summed E-state index contributed by atoms with van der Waals surface area (Å²) in [5, 5.41) is 9.53. The second-order valence-corrected chi connectivity index (χ2v) is 6.62. The van der Waals surface area contributed by atoms with E-state index in [2.05, 4.69) is 4.98 Å². The number of hydrogen-bond donors (Lipinski definition) is 1. The molecule has 0 amide bonds. The maximum Gasteiger partial charge on any atom is 0.420 e. The quantitative estimate of drug-likeness (QED) is 0.696. The van der Waals surface area contributed by atoms with Crippen molar-refractivity contribution in [3.05, 3.63) is 62.8 Å². The van der Waals surface area contributed by atoms with Crippen LogP contribution < -0.4 is 10.3 Å². The van der Waals surface area contributed by atoms with Crippen LogP contribution in [0.2, 0.25) is 0 Å². The predicted octanol–water partition coefficient (Wildman–Crippen LogP) is 3.38. The Bertz CT molecular complexity index is 996. The maximum atomic E-state index is 12.9. The summed E-state index contributed by atoms with van der Waals surface area (Å²) in [7, 11) is 0. The molecule has 0 bridgehead atoms. The van der Waals surface area contributed by atoms with Gasteiger partial charge in [-0.2, -0.15) is 13.2 Å². The zero-order valence-corrected chi connectivity index (χ0v) is 14.1. The van der Waals surface area contributed by atoms with Crippen molar-refractivity contribution in [3.63, 3.8) is 0 Å². The van der Waals surface area contributed by atoms with Crippen molar-refractivity contribution in [1.82, 2.24) is 9.38 Å². The molecular weight excluding hydrogens is 376 g/mol. The Balaban J connectivity index is 1.94. The standard InChI is InChI=1S/C16H12F4N2O3S/c1-8-13(14(24)16(18,19)20)22-12(23)6-10(21-15(22)26-8)7-25-11-4-2-9(17)3-5-11/h2-6,14,24H,7H2,1H3. The third-order valence-electron chi connectivity index (χ3n) is 3.56. The molecular formula is C16H12F4N2O3S. The smallest absolute Gasteiger partial charge is 0.420 e. The molecule has 26 heavy (non-hydrogen) atoms. The number of alkyl halides is 3. The van der Waals surface area contributed by atoms with E-state index >= 15 is 0 Å². The Morgan fingerprint density at radius 2 is 1.96 bits per heavy atom. The molecule has 0 saturated heterocycles. The summed E-state index contributed by atoms with van der Waals surface area (Å²) < 4.78 is 57.5. The summed E-state index contributed by atoms with van der Waals surface area (Å²) in [5.41, 5.74) is -1.09. The van der Waals surface area contributed by atoms with Crippen LogP contribution >= 0.6 is 11.3 Å². The van der Waals surface area contributed by atoms with Crippen molar-refractivity contribution in [2.24, 2.45) is 0 Å². The number of ether oxygens (including phenoxy) is 1. The molecule has 2 aromatic heterocycles. The number of fused-ring (bicyclic) bond motifs is 1. The van der Waals surface area contributed by atoms with Crippen molar-refractivity contribution >= 4 is 16.3 Å². The number of aliphatic hydroxyl groups excluding tert-OH is 1. The van der Waals surface area contributed by atoms with Gasteiger partial charge in [0, 0.05) is 10.9 Å². The molecule has 1 aromatic carbocycles. The van der Waals surface area contributed by atoms with Crippen LogP contribution in [-0.4, -0.2) is 20.7 Å². The highest BCUT2D eigenvalue weighted by Gasteiger charge is 2.42. The summed E-state index contributed by atoms with van der Waals surface area (Å²) in [6.45, 7) is 1.25. The van der Waals surface area contributed by atoms with E-state index in [-0.39, 0.29) is 22.1 Å². The summed E-state index contributed by atoms with van der Waals surface area (Å²) in [4.78, 5) is 16.5. The number of aliphatic hydroxyl groups is 1. The lowest BCUT2D eigenvalue weighted by atomic mass is 10.2. The first-order valence-corrected chi connectivity index (χ1v) is 8.13. The molecule has 1 unspecified atom stereocenters. The zero-order valence-electron chi connectivity index (χ0n) is 13.2. The van der Waals surface area contributed by atoms with Gasteiger partial charge in [0.2, 0.25) is 0 Å². The second-order valence-electron chi connectivity index (χ2n) is 5.43. The first kappa shape index (κ1) is 18.3. The van der Waals surface area contributed by atoms with E-state index < -0.39 is 29.4 Å². The largest absolute Gasteiger partial charge is 0.487 e. The van der Waals surface area contributed by atoms with Gasteiger partial charge >= 0.3 is 6.18 Å². The molecule has 0 fully saturated rings. The molecule has 0 aliphatic carbocycles. The van der Waals surface area contributed by atoms with E-state index in [1.807, 2.05) is 0 Å². The van der Waals surface area contributed by atoms with Crippen molar-refractivity contribution in [2.75, 3.05) is 0 Å². The van der Waals surface area contributed by atoms with Crippen LogP contribution in [0.3, 0.4) is 0 Å². The monoisotopic (exact) mass is 388 g/mol. The summed E-state index contributed by atoms with van der Waals surface area (Å²) in [6.07, 6.45) is -7.68. The molecule has 5 nitrogen and oxygen atoms in total. The molecule has 1 N–H and O–H groups in total. The Hall–Kier alpha value is -2.46. The summed E-state index contributed by atoms with van der Waals surface area (Å²) in [6, 6.07) is 6.24. The van der Waals surface area contributed by atoms with E-state index in [0.29, 0.717) is 5.75 Å². The van der Waals surface area contributed by atoms with E-state index in [9.17, 15) is 27.5 Å². The SMILES string of the molecule is Cc1sc2nc(COc3ccc(F)cc3)cc(=O)n2c1C(O)C(F)(F)F. The van der Waals surface area contributed by atoms with Crippen LogP contribution in [-0.2, 0) is 6.61 Å². The third kappa shape index (κ3) is 3.56. The minimum absolute atomic E-state index is 0.0195. The van der Waals surface area contributed by atoms with Gasteiger partial charge in [0.05, 0.1) is 11.4 Å². The Morgan fingerprint density at radius 3 is 2.58 bits per heavy atom. The van der Waals surface area contributed by atoms with Gasteiger partial charge in [-0.25, -0.2) is 9.37 Å². The normalized spacial score (nSPS) is 13.2. The van der Waals surface area contributed by atoms with Crippen molar-refractivity contribution in [1.29, 1.82) is 0 Å². The van der Waals surface area contributed by atoms with Gasteiger partial charge in [-0.05, 0) is 31.2 Å². The predicted molar refractivity (Wildman–Crippen MR) is 85.8 cm³/mol. The number of benzene rings is 1. The number of rotatable bonds is 4. The molecule has 0 spiro atoms. The number of halogens is 4. The molecule has 10 heteroatoms. The van der Waals surface area contributed by atoms with E-state index in [4.69, 9.17) is 4.74 Å². The van der Waals surface area contributed by atoms with Gasteiger partial charge in [-0.1, -0.05) is 0 Å². The lowest BCUT2D eigenvalue weighted by Crippen LogP contribution is -2.26. The van der Waals surface area contributed by atoms with Crippen LogP contribution in [0.1, 0.15) is 22.4 Å². The lowest BCUT2D eigenvalue weighted by Gasteiger charge is -2.15. The van der Waals surface area contributed by atoms with Gasteiger partial charge in [0.25, 0.3) is 5.56 Å². The number of aromatic nitrogens is 2. The highest BCUT2D eigenvalue weighted by molar-refractivity contribution is 7.17. The molecule has 138 valence electrons. The van der Waals surface area contributed by atoms with E-state index in [0.717, 1.165) is 21.8 Å². The Labute approximate surface area is 148 Å². The topological polar surface area (TPSA) is 63.8 Å². The first-order chi connectivity index (χ1) is 12.2. The van der Waals surface area contributed by atoms with E-state index in [1.54, 1.807) is 0 Å². The van der Waals surface area contributed by atoms with Gasteiger partial charge in [-0.15, -0.1) is 11.3 Å². The summed E-state index contributed by atoms with van der Waals surface area (Å²) in [5.74, 6) is -0.0797. The van der Waals surface area contributed by atoms with Gasteiger partial charge in [0.15, 0.2) is 11.1 Å². The van der Waals surface area contributed by atoms with Crippen LogP contribution in [0.25, 0.3) is 4.96 Å². The molecule has 3 aromatic rings. The fraction of sp³-hybridized carbons (Fsp3) is 0.250. The van der Waals surface area contributed by atoms with Crippen LogP contribution in [0.15, 0.2) is 35.1 Å². The zero-order chi connectivity index (χ0) is 19.1. The molecule has 0 radical (unpaired) electrons. The molecule has 2 heterocycles. The Kier molecular flexibility index (Phi) is 4.72. The third-order valence-corrected chi connectivity index (χ3v) is 4.53. The van der Waals surface area contributed by atoms with Crippen molar-refractivity contribution < 1.29 is 27.4 Å². The molecule has 1 atom stereocenters. The van der Waals surface area contributed by atoms with Crippen LogP contribution in [0, 0.1) is 12.7 Å². The van der Waals surface area contributed by atoms with Crippen molar-refractivity contribution in [3.8, 4) is 5.75 Å². The highest BCUT2D eigenvalue weighted by Crippen LogP contribution is 2.36. The average Bonchev–Trinajstić information content (AvgIpc) is 2.89. The average molecular weight is 388 g/mol. The van der Waals surface area contributed by atoms with Crippen LogP contribution in [0.4, 0.5) is 17.6 Å². The molecule has 0 saturated carbocycles. The minimum Gasteiger partial charge on any atom is -0.487 e.